The summed E-state index contributed by atoms with van der Waals surface area (Å²) in [6.07, 6.45) is 3.36. The second-order valence-corrected chi connectivity index (χ2v) is 4.20. The minimum atomic E-state index is 0.351. The second-order valence-electron chi connectivity index (χ2n) is 4.20. The first kappa shape index (κ1) is 9.65. The fourth-order valence-electron chi connectivity index (χ4n) is 1.73. The Kier molecular flexibility index (Phi) is 2.82. The van der Waals surface area contributed by atoms with Crippen molar-refractivity contribution in [1.29, 1.82) is 0 Å². The fraction of sp³-hybridized carbons (Fsp3) is 0.800. The van der Waals surface area contributed by atoms with Crippen LogP contribution in [0, 0.1) is 0 Å². The first-order chi connectivity index (χ1) is 6.75. The van der Waals surface area contributed by atoms with Crippen molar-refractivity contribution in [3.63, 3.8) is 0 Å². The van der Waals surface area contributed by atoms with E-state index in [2.05, 4.69) is 29.3 Å². The molecule has 1 fully saturated rings. The Balaban J connectivity index is 1.95. The van der Waals surface area contributed by atoms with Crippen molar-refractivity contribution in [2.24, 2.45) is 0 Å². The van der Waals surface area contributed by atoms with Crippen molar-refractivity contribution in [3.05, 3.63) is 11.7 Å². The SMILES string of the molecule is CC(C)c1noc(C[C@@H]2CCCN2)n1. The van der Waals surface area contributed by atoms with Crippen molar-refractivity contribution in [2.75, 3.05) is 6.54 Å². The Bertz CT molecular complexity index is 289. The molecule has 4 nitrogen and oxygen atoms in total. The van der Waals surface area contributed by atoms with E-state index in [1.165, 1.54) is 12.8 Å². The lowest BCUT2D eigenvalue weighted by molar-refractivity contribution is 0.358. The second kappa shape index (κ2) is 4.09. The van der Waals surface area contributed by atoms with Crippen LogP contribution in [0.3, 0.4) is 0 Å². The highest BCUT2D eigenvalue weighted by molar-refractivity contribution is 4.94. The molecule has 1 aromatic rings. The van der Waals surface area contributed by atoms with Crippen molar-refractivity contribution in [1.82, 2.24) is 15.5 Å². The van der Waals surface area contributed by atoms with Crippen molar-refractivity contribution < 1.29 is 4.52 Å². The van der Waals surface area contributed by atoms with E-state index in [9.17, 15) is 0 Å². The first-order valence-electron chi connectivity index (χ1n) is 5.31. The number of nitrogens with zero attached hydrogens (tertiary/aromatic N) is 2. The van der Waals surface area contributed by atoms with Gasteiger partial charge in [0.2, 0.25) is 5.89 Å². The molecule has 1 atom stereocenters. The van der Waals surface area contributed by atoms with Gasteiger partial charge in [0.1, 0.15) is 0 Å². The van der Waals surface area contributed by atoms with Gasteiger partial charge in [-0.25, -0.2) is 0 Å². The molecular formula is C10H17N3O. The largest absolute Gasteiger partial charge is 0.339 e. The molecule has 14 heavy (non-hydrogen) atoms. The molecule has 0 bridgehead atoms. The minimum absolute atomic E-state index is 0.351. The van der Waals surface area contributed by atoms with Crippen molar-refractivity contribution in [3.8, 4) is 0 Å². The van der Waals surface area contributed by atoms with Gasteiger partial charge in [-0.1, -0.05) is 19.0 Å². The predicted octanol–water partition coefficient (Wildman–Crippen LogP) is 1.49. The number of nitrogens with one attached hydrogen (secondary N) is 1. The van der Waals surface area contributed by atoms with Crippen LogP contribution in [0.2, 0.25) is 0 Å². The third-order valence-corrected chi connectivity index (χ3v) is 2.58. The summed E-state index contributed by atoms with van der Waals surface area (Å²) < 4.78 is 5.19. The van der Waals surface area contributed by atoms with Crippen LogP contribution in [0.25, 0.3) is 0 Å². The molecule has 1 aliphatic rings. The van der Waals surface area contributed by atoms with E-state index < -0.39 is 0 Å². The lowest BCUT2D eigenvalue weighted by Crippen LogP contribution is -2.23. The standard InChI is InChI=1S/C10H17N3O/c1-7(2)10-12-9(14-13-10)6-8-4-3-5-11-8/h7-8,11H,3-6H2,1-2H3/t8-/m0/s1. The Morgan fingerprint density at radius 2 is 2.43 bits per heavy atom. The highest BCUT2D eigenvalue weighted by Crippen LogP contribution is 2.13. The third-order valence-electron chi connectivity index (χ3n) is 2.58. The quantitative estimate of drug-likeness (QED) is 0.793. The molecule has 0 amide bonds. The molecule has 1 saturated heterocycles. The fourth-order valence-corrected chi connectivity index (χ4v) is 1.73. The first-order valence-corrected chi connectivity index (χ1v) is 5.31. The maximum atomic E-state index is 5.19. The Morgan fingerprint density at radius 1 is 1.57 bits per heavy atom. The van der Waals surface area contributed by atoms with E-state index in [0.717, 1.165) is 24.7 Å². The zero-order valence-corrected chi connectivity index (χ0v) is 8.79. The van der Waals surface area contributed by atoms with Gasteiger partial charge >= 0.3 is 0 Å². The average Bonchev–Trinajstić information content (AvgIpc) is 2.75. The highest BCUT2D eigenvalue weighted by atomic mass is 16.5. The molecular weight excluding hydrogens is 178 g/mol. The summed E-state index contributed by atoms with van der Waals surface area (Å²) >= 11 is 0. The monoisotopic (exact) mass is 195 g/mol. The molecule has 78 valence electrons. The van der Waals surface area contributed by atoms with Crippen LogP contribution in [0.15, 0.2) is 4.52 Å². The lowest BCUT2D eigenvalue weighted by atomic mass is 10.1. The molecule has 0 radical (unpaired) electrons. The van der Waals surface area contributed by atoms with Crippen LogP contribution < -0.4 is 5.32 Å². The molecule has 0 spiro atoms. The van der Waals surface area contributed by atoms with Gasteiger partial charge in [0.15, 0.2) is 5.82 Å². The summed E-state index contributed by atoms with van der Waals surface area (Å²) in [7, 11) is 0. The summed E-state index contributed by atoms with van der Waals surface area (Å²) in [5.74, 6) is 1.94. The smallest absolute Gasteiger partial charge is 0.228 e. The van der Waals surface area contributed by atoms with Gasteiger partial charge < -0.3 is 9.84 Å². The van der Waals surface area contributed by atoms with Crippen LogP contribution in [0.5, 0.6) is 0 Å². The number of rotatable bonds is 3. The number of aromatic nitrogens is 2. The normalized spacial score (nSPS) is 22.1. The van der Waals surface area contributed by atoms with E-state index in [1.54, 1.807) is 0 Å². The summed E-state index contributed by atoms with van der Waals surface area (Å²) in [4.78, 5) is 4.36. The van der Waals surface area contributed by atoms with Crippen molar-refractivity contribution >= 4 is 0 Å². The van der Waals surface area contributed by atoms with Gasteiger partial charge in [0, 0.05) is 18.4 Å². The maximum absolute atomic E-state index is 5.19. The van der Waals surface area contributed by atoms with Crippen LogP contribution in [-0.2, 0) is 6.42 Å². The Morgan fingerprint density at radius 3 is 3.00 bits per heavy atom. The van der Waals surface area contributed by atoms with Crippen LogP contribution in [0.4, 0.5) is 0 Å². The van der Waals surface area contributed by atoms with E-state index in [1.807, 2.05) is 0 Å². The molecule has 4 heteroatoms. The topological polar surface area (TPSA) is 51.0 Å². The molecule has 2 heterocycles. The maximum Gasteiger partial charge on any atom is 0.228 e. The van der Waals surface area contributed by atoms with Crippen LogP contribution >= 0.6 is 0 Å². The summed E-state index contributed by atoms with van der Waals surface area (Å²) in [5, 5.41) is 7.36. The van der Waals surface area contributed by atoms with E-state index >= 15 is 0 Å². The van der Waals surface area contributed by atoms with Crippen molar-refractivity contribution in [2.45, 2.75) is 45.1 Å². The zero-order valence-electron chi connectivity index (χ0n) is 8.79. The molecule has 0 aromatic carbocycles. The third kappa shape index (κ3) is 2.12. The van der Waals surface area contributed by atoms with Gasteiger partial charge in [0.25, 0.3) is 0 Å². The summed E-state index contributed by atoms with van der Waals surface area (Å²) in [5.41, 5.74) is 0. The van der Waals surface area contributed by atoms with E-state index in [-0.39, 0.29) is 0 Å². The minimum Gasteiger partial charge on any atom is -0.339 e. The van der Waals surface area contributed by atoms with E-state index in [0.29, 0.717) is 12.0 Å². The van der Waals surface area contributed by atoms with Gasteiger partial charge in [-0.05, 0) is 19.4 Å². The highest BCUT2D eigenvalue weighted by Gasteiger charge is 2.18. The van der Waals surface area contributed by atoms with Gasteiger partial charge in [0.05, 0.1) is 0 Å². The lowest BCUT2D eigenvalue weighted by Gasteiger charge is -2.04. The number of hydrogen-bond acceptors (Lipinski definition) is 4. The van der Waals surface area contributed by atoms with E-state index in [4.69, 9.17) is 4.52 Å². The van der Waals surface area contributed by atoms with Gasteiger partial charge in [-0.2, -0.15) is 4.98 Å². The average molecular weight is 195 g/mol. The number of hydrogen-bond donors (Lipinski definition) is 1. The summed E-state index contributed by atoms with van der Waals surface area (Å²) in [6, 6.07) is 0.537. The molecule has 0 aliphatic carbocycles. The zero-order chi connectivity index (χ0) is 9.97. The molecule has 1 aliphatic heterocycles. The van der Waals surface area contributed by atoms with Crippen LogP contribution in [-0.4, -0.2) is 22.7 Å². The summed E-state index contributed by atoms with van der Waals surface area (Å²) in [6.45, 7) is 5.26. The molecule has 2 rings (SSSR count). The predicted molar refractivity (Wildman–Crippen MR) is 53.1 cm³/mol. The molecule has 1 N–H and O–H groups in total. The Labute approximate surface area is 84.1 Å². The molecule has 1 aromatic heterocycles. The molecule has 0 unspecified atom stereocenters. The van der Waals surface area contributed by atoms with Gasteiger partial charge in [-0.3, -0.25) is 0 Å². The van der Waals surface area contributed by atoms with Crippen LogP contribution in [0.1, 0.15) is 44.3 Å². The van der Waals surface area contributed by atoms with Gasteiger partial charge in [-0.15, -0.1) is 0 Å². The Hall–Kier alpha value is -0.900. The molecule has 0 saturated carbocycles.